The Morgan fingerprint density at radius 2 is 2.00 bits per heavy atom. The van der Waals surface area contributed by atoms with Gasteiger partial charge in [-0.2, -0.15) is 0 Å². The zero-order chi connectivity index (χ0) is 13.9. The molecule has 0 saturated carbocycles. The van der Waals surface area contributed by atoms with E-state index in [0.717, 1.165) is 4.47 Å². The van der Waals surface area contributed by atoms with Crippen molar-refractivity contribution in [3.63, 3.8) is 0 Å². The smallest absolute Gasteiger partial charge is 0.254 e. The Bertz CT molecular complexity index is 614. The van der Waals surface area contributed by atoms with Crippen LogP contribution in [0.3, 0.4) is 0 Å². The first kappa shape index (κ1) is 13.1. The van der Waals surface area contributed by atoms with Gasteiger partial charge in [0.1, 0.15) is 0 Å². The van der Waals surface area contributed by atoms with Crippen molar-refractivity contribution in [1.29, 1.82) is 0 Å². The molecular formula is C14H13BrN4O. The summed E-state index contributed by atoms with van der Waals surface area (Å²) in [5.74, 6) is 0.658. The second-order valence-corrected chi connectivity index (χ2v) is 5.55. The maximum atomic E-state index is 12.2. The van der Waals surface area contributed by atoms with Gasteiger partial charge in [0.2, 0.25) is 5.95 Å². The molecule has 1 aliphatic rings. The minimum Gasteiger partial charge on any atom is -0.348 e. The van der Waals surface area contributed by atoms with E-state index in [1.807, 2.05) is 29.2 Å². The molecule has 1 amide bonds. The minimum atomic E-state index is 0.0540. The number of carbonyl (C=O) groups excluding carboxylic acids is 1. The van der Waals surface area contributed by atoms with E-state index in [4.69, 9.17) is 0 Å². The van der Waals surface area contributed by atoms with E-state index in [9.17, 15) is 4.79 Å². The van der Waals surface area contributed by atoms with Crippen LogP contribution >= 0.6 is 15.9 Å². The summed E-state index contributed by atoms with van der Waals surface area (Å²) in [6, 6.07) is 9.43. The summed E-state index contributed by atoms with van der Waals surface area (Å²) in [7, 11) is 0. The van der Waals surface area contributed by atoms with Crippen molar-refractivity contribution in [2.45, 2.75) is 6.04 Å². The molecule has 1 saturated heterocycles. The van der Waals surface area contributed by atoms with Crippen LogP contribution in [0.5, 0.6) is 0 Å². The highest BCUT2D eigenvalue weighted by molar-refractivity contribution is 9.10. The van der Waals surface area contributed by atoms with Gasteiger partial charge in [0.25, 0.3) is 5.91 Å². The lowest BCUT2D eigenvalue weighted by Gasteiger charge is -2.39. The summed E-state index contributed by atoms with van der Waals surface area (Å²) in [6.45, 7) is 1.34. The van der Waals surface area contributed by atoms with Crippen LogP contribution in [0.15, 0.2) is 47.2 Å². The number of anilines is 1. The van der Waals surface area contributed by atoms with Gasteiger partial charge >= 0.3 is 0 Å². The fourth-order valence-electron chi connectivity index (χ4n) is 2.10. The molecule has 2 aromatic rings. The third-order valence-corrected chi connectivity index (χ3v) is 3.63. The van der Waals surface area contributed by atoms with Gasteiger partial charge in [-0.3, -0.25) is 4.79 Å². The first-order chi connectivity index (χ1) is 9.72. The molecule has 102 valence electrons. The summed E-state index contributed by atoms with van der Waals surface area (Å²) >= 11 is 3.38. The van der Waals surface area contributed by atoms with Crippen molar-refractivity contribution >= 4 is 27.8 Å². The number of hydrogen-bond acceptors (Lipinski definition) is 4. The molecule has 3 rings (SSSR count). The van der Waals surface area contributed by atoms with Crippen LogP contribution in [0.2, 0.25) is 0 Å². The van der Waals surface area contributed by atoms with Crippen molar-refractivity contribution in [1.82, 2.24) is 14.9 Å². The molecule has 0 radical (unpaired) electrons. The fourth-order valence-corrected chi connectivity index (χ4v) is 2.50. The molecular weight excluding hydrogens is 320 g/mol. The van der Waals surface area contributed by atoms with Gasteiger partial charge in [0.05, 0.1) is 6.04 Å². The highest BCUT2D eigenvalue weighted by Gasteiger charge is 2.31. The van der Waals surface area contributed by atoms with Crippen molar-refractivity contribution in [3.8, 4) is 0 Å². The number of likely N-dealkylation sites (tertiary alicyclic amines) is 1. The van der Waals surface area contributed by atoms with Gasteiger partial charge in [0, 0.05) is 35.5 Å². The first-order valence-electron chi connectivity index (χ1n) is 6.31. The number of aromatic nitrogens is 2. The van der Waals surface area contributed by atoms with E-state index in [-0.39, 0.29) is 11.9 Å². The lowest BCUT2D eigenvalue weighted by molar-refractivity contribution is 0.0624. The third kappa shape index (κ3) is 2.80. The molecule has 6 heteroatoms. The molecule has 0 bridgehead atoms. The number of carbonyl (C=O) groups is 1. The second kappa shape index (κ2) is 5.58. The van der Waals surface area contributed by atoms with Crippen LogP contribution in [-0.4, -0.2) is 39.9 Å². The van der Waals surface area contributed by atoms with E-state index < -0.39 is 0 Å². The van der Waals surface area contributed by atoms with Gasteiger partial charge in [-0.15, -0.1) is 0 Å². The molecule has 0 aliphatic carbocycles. The van der Waals surface area contributed by atoms with Crippen LogP contribution in [0.4, 0.5) is 5.95 Å². The van der Waals surface area contributed by atoms with Gasteiger partial charge < -0.3 is 10.2 Å². The van der Waals surface area contributed by atoms with Gasteiger partial charge in [-0.05, 0) is 24.3 Å². The Balaban J connectivity index is 1.56. The van der Waals surface area contributed by atoms with Crippen LogP contribution in [-0.2, 0) is 0 Å². The average Bonchev–Trinajstić information content (AvgIpc) is 2.43. The fraction of sp³-hybridized carbons (Fsp3) is 0.214. The molecule has 1 fully saturated rings. The number of nitrogens with one attached hydrogen (secondary N) is 1. The largest absolute Gasteiger partial charge is 0.348 e. The predicted molar refractivity (Wildman–Crippen MR) is 79.5 cm³/mol. The maximum absolute atomic E-state index is 12.2. The average molecular weight is 333 g/mol. The Kier molecular flexibility index (Phi) is 3.64. The van der Waals surface area contributed by atoms with Crippen LogP contribution in [0.25, 0.3) is 0 Å². The van der Waals surface area contributed by atoms with Crippen molar-refractivity contribution in [2.75, 3.05) is 18.4 Å². The standard InChI is InChI=1S/C14H13BrN4O/c15-11-4-1-3-10(7-11)13(20)19-8-12(9-19)18-14-16-5-2-6-17-14/h1-7,12H,8-9H2,(H,16,17,18). The number of benzene rings is 1. The van der Waals surface area contributed by atoms with Crippen molar-refractivity contribution < 1.29 is 4.79 Å². The normalized spacial score (nSPS) is 14.8. The van der Waals surface area contributed by atoms with Gasteiger partial charge in [-0.25, -0.2) is 9.97 Å². The summed E-state index contributed by atoms with van der Waals surface area (Å²) in [6.07, 6.45) is 3.39. The number of halogens is 1. The van der Waals surface area contributed by atoms with Crippen LogP contribution in [0.1, 0.15) is 10.4 Å². The molecule has 2 heterocycles. The highest BCUT2D eigenvalue weighted by Crippen LogP contribution is 2.18. The number of amides is 1. The monoisotopic (exact) mass is 332 g/mol. The molecule has 1 aliphatic heterocycles. The molecule has 1 aromatic heterocycles. The quantitative estimate of drug-likeness (QED) is 0.935. The molecule has 1 N–H and O–H groups in total. The van der Waals surface area contributed by atoms with Crippen LogP contribution < -0.4 is 5.32 Å². The second-order valence-electron chi connectivity index (χ2n) is 4.63. The predicted octanol–water partition coefficient (Wildman–Crippen LogP) is 2.18. The molecule has 5 nitrogen and oxygen atoms in total. The maximum Gasteiger partial charge on any atom is 0.254 e. The molecule has 20 heavy (non-hydrogen) atoms. The van der Waals surface area contributed by atoms with E-state index in [2.05, 4.69) is 31.2 Å². The van der Waals surface area contributed by atoms with E-state index in [0.29, 0.717) is 24.6 Å². The summed E-state index contributed by atoms with van der Waals surface area (Å²) in [5.41, 5.74) is 0.703. The van der Waals surface area contributed by atoms with Gasteiger partial charge in [-0.1, -0.05) is 22.0 Å². The Morgan fingerprint density at radius 1 is 1.25 bits per heavy atom. The zero-order valence-corrected chi connectivity index (χ0v) is 12.2. The lowest BCUT2D eigenvalue weighted by atomic mass is 10.1. The SMILES string of the molecule is O=C(c1cccc(Br)c1)N1CC(Nc2ncccn2)C1. The van der Waals surface area contributed by atoms with Crippen molar-refractivity contribution in [2.24, 2.45) is 0 Å². The van der Waals surface area contributed by atoms with E-state index >= 15 is 0 Å². The van der Waals surface area contributed by atoms with Crippen LogP contribution in [0, 0.1) is 0 Å². The third-order valence-electron chi connectivity index (χ3n) is 3.14. The van der Waals surface area contributed by atoms with Crippen molar-refractivity contribution in [3.05, 3.63) is 52.8 Å². The summed E-state index contributed by atoms with van der Waals surface area (Å²) < 4.78 is 0.913. The molecule has 0 atom stereocenters. The topological polar surface area (TPSA) is 58.1 Å². The number of rotatable bonds is 3. The number of nitrogens with zero attached hydrogens (tertiary/aromatic N) is 3. The highest BCUT2D eigenvalue weighted by atomic mass is 79.9. The number of hydrogen-bond donors (Lipinski definition) is 1. The zero-order valence-electron chi connectivity index (χ0n) is 10.7. The Morgan fingerprint density at radius 3 is 2.70 bits per heavy atom. The van der Waals surface area contributed by atoms with Gasteiger partial charge in [0.15, 0.2) is 0 Å². The Hall–Kier alpha value is -1.95. The molecule has 0 unspecified atom stereocenters. The molecule has 1 aromatic carbocycles. The minimum absolute atomic E-state index is 0.0540. The molecule has 0 spiro atoms. The first-order valence-corrected chi connectivity index (χ1v) is 7.10. The van der Waals surface area contributed by atoms with E-state index in [1.54, 1.807) is 18.5 Å². The lowest BCUT2D eigenvalue weighted by Crippen LogP contribution is -2.57. The summed E-state index contributed by atoms with van der Waals surface area (Å²) in [4.78, 5) is 22.2. The Labute approximate surface area is 125 Å². The summed E-state index contributed by atoms with van der Waals surface area (Å²) in [5, 5.41) is 3.20. The van der Waals surface area contributed by atoms with E-state index in [1.165, 1.54) is 0 Å².